The number of thiazole rings is 1. The van der Waals surface area contributed by atoms with E-state index in [1.165, 1.54) is 5.56 Å². The van der Waals surface area contributed by atoms with Crippen LogP contribution >= 0.6 is 11.3 Å². The van der Waals surface area contributed by atoms with Gasteiger partial charge in [-0.25, -0.2) is 4.98 Å². The fourth-order valence-electron chi connectivity index (χ4n) is 1.88. The first kappa shape index (κ1) is 11.9. The van der Waals surface area contributed by atoms with E-state index in [1.54, 1.807) is 22.3 Å². The van der Waals surface area contributed by atoms with Crippen LogP contribution in [0.5, 0.6) is 0 Å². The van der Waals surface area contributed by atoms with Crippen LogP contribution in [0.1, 0.15) is 5.56 Å². The second kappa shape index (κ2) is 4.81. The van der Waals surface area contributed by atoms with E-state index in [0.717, 1.165) is 16.1 Å². The highest BCUT2D eigenvalue weighted by Crippen LogP contribution is 2.28. The summed E-state index contributed by atoms with van der Waals surface area (Å²) in [6.45, 7) is 2.07. The van der Waals surface area contributed by atoms with Crippen LogP contribution in [0.15, 0.2) is 36.2 Å². The van der Waals surface area contributed by atoms with Crippen molar-refractivity contribution < 1.29 is 0 Å². The van der Waals surface area contributed by atoms with Crippen LogP contribution in [0.2, 0.25) is 0 Å². The lowest BCUT2D eigenvalue weighted by Crippen LogP contribution is -1.95. The number of rotatable bonds is 3. The highest BCUT2D eigenvalue weighted by molar-refractivity contribution is 7.13. The third-order valence-corrected chi connectivity index (χ3v) is 3.47. The molecule has 0 amide bonds. The van der Waals surface area contributed by atoms with Crippen LogP contribution in [0, 0.1) is 6.92 Å². The number of hydrogen-bond acceptors (Lipinski definition) is 5. The number of aryl methyl sites for hydroxylation is 2. The lowest BCUT2D eigenvalue weighted by atomic mass is 10.1. The second-order valence-corrected chi connectivity index (χ2v) is 5.21. The predicted molar refractivity (Wildman–Crippen MR) is 76.6 cm³/mol. The summed E-state index contributed by atoms with van der Waals surface area (Å²) in [7, 11) is 1.84. The highest BCUT2D eigenvalue weighted by Gasteiger charge is 2.05. The average molecular weight is 271 g/mol. The van der Waals surface area contributed by atoms with Crippen molar-refractivity contribution in [3.8, 4) is 10.4 Å². The SMILES string of the molecule is Cc1cc(Nc2ncn(C)n2)cc(-c2cncs2)c1. The molecular formula is C13H13N5S. The molecule has 0 saturated carbocycles. The normalized spacial score (nSPS) is 10.6. The van der Waals surface area contributed by atoms with E-state index in [0.29, 0.717) is 5.95 Å². The standard InChI is InChI=1S/C13H13N5S/c1-9-3-10(12-6-14-8-19-12)5-11(4-9)16-13-15-7-18(2)17-13/h3-8H,1-2H3,(H,16,17). The van der Waals surface area contributed by atoms with E-state index in [9.17, 15) is 0 Å². The van der Waals surface area contributed by atoms with E-state index >= 15 is 0 Å². The highest BCUT2D eigenvalue weighted by atomic mass is 32.1. The first-order valence-corrected chi connectivity index (χ1v) is 6.72. The molecule has 0 unspecified atom stereocenters. The molecule has 6 heteroatoms. The Morgan fingerprint density at radius 2 is 2.16 bits per heavy atom. The summed E-state index contributed by atoms with van der Waals surface area (Å²) in [6, 6.07) is 6.29. The Bertz CT molecular complexity index is 687. The van der Waals surface area contributed by atoms with E-state index in [1.807, 2.05) is 18.8 Å². The van der Waals surface area contributed by atoms with Crippen molar-refractivity contribution in [2.75, 3.05) is 5.32 Å². The van der Waals surface area contributed by atoms with Gasteiger partial charge in [0.2, 0.25) is 5.95 Å². The molecule has 0 saturated heterocycles. The monoisotopic (exact) mass is 271 g/mol. The molecular weight excluding hydrogens is 258 g/mol. The first-order chi connectivity index (χ1) is 9.20. The van der Waals surface area contributed by atoms with Gasteiger partial charge in [0.05, 0.1) is 10.4 Å². The number of nitrogens with zero attached hydrogens (tertiary/aromatic N) is 4. The Morgan fingerprint density at radius 3 is 2.84 bits per heavy atom. The molecule has 96 valence electrons. The quantitative estimate of drug-likeness (QED) is 0.795. The molecule has 0 aliphatic rings. The molecule has 0 spiro atoms. The largest absolute Gasteiger partial charge is 0.323 e. The molecule has 2 aromatic heterocycles. The lowest BCUT2D eigenvalue weighted by molar-refractivity contribution is 0.768. The summed E-state index contributed by atoms with van der Waals surface area (Å²) < 4.78 is 1.67. The number of aromatic nitrogens is 4. The number of nitrogens with one attached hydrogen (secondary N) is 1. The molecule has 5 nitrogen and oxygen atoms in total. The zero-order valence-corrected chi connectivity index (χ0v) is 11.5. The minimum atomic E-state index is 0.600. The summed E-state index contributed by atoms with van der Waals surface area (Å²) in [6.07, 6.45) is 3.55. The van der Waals surface area contributed by atoms with Gasteiger partial charge in [0.15, 0.2) is 0 Å². The first-order valence-electron chi connectivity index (χ1n) is 5.84. The van der Waals surface area contributed by atoms with Crippen LogP contribution in [-0.4, -0.2) is 19.7 Å². The minimum Gasteiger partial charge on any atom is -0.323 e. The summed E-state index contributed by atoms with van der Waals surface area (Å²) >= 11 is 1.63. The Morgan fingerprint density at radius 1 is 1.26 bits per heavy atom. The molecule has 0 aliphatic carbocycles. The van der Waals surface area contributed by atoms with Gasteiger partial charge in [-0.2, -0.15) is 0 Å². The third kappa shape index (κ3) is 2.63. The van der Waals surface area contributed by atoms with Crippen LogP contribution < -0.4 is 5.32 Å². The van der Waals surface area contributed by atoms with E-state index < -0.39 is 0 Å². The molecule has 1 aromatic carbocycles. The van der Waals surface area contributed by atoms with Gasteiger partial charge in [-0.15, -0.1) is 16.4 Å². The van der Waals surface area contributed by atoms with E-state index in [2.05, 4.69) is 45.5 Å². The van der Waals surface area contributed by atoms with Crippen molar-refractivity contribution in [2.24, 2.45) is 7.05 Å². The molecule has 0 radical (unpaired) electrons. The van der Waals surface area contributed by atoms with Crippen LogP contribution in [-0.2, 0) is 7.05 Å². The molecule has 2 heterocycles. The Balaban J connectivity index is 1.94. The fourth-order valence-corrected chi connectivity index (χ4v) is 2.49. The molecule has 0 fully saturated rings. The average Bonchev–Trinajstić information content (AvgIpc) is 3.00. The summed E-state index contributed by atoms with van der Waals surface area (Å²) in [5.41, 5.74) is 5.16. The van der Waals surface area contributed by atoms with Crippen molar-refractivity contribution in [1.29, 1.82) is 0 Å². The molecule has 3 aromatic rings. The van der Waals surface area contributed by atoms with Gasteiger partial charge in [0.25, 0.3) is 0 Å². The van der Waals surface area contributed by atoms with Crippen molar-refractivity contribution >= 4 is 23.0 Å². The van der Waals surface area contributed by atoms with E-state index in [-0.39, 0.29) is 0 Å². The fraction of sp³-hybridized carbons (Fsp3) is 0.154. The zero-order valence-electron chi connectivity index (χ0n) is 10.7. The Kier molecular flexibility index (Phi) is 3.00. The molecule has 0 aliphatic heterocycles. The van der Waals surface area contributed by atoms with Gasteiger partial charge in [0.1, 0.15) is 6.33 Å². The number of hydrogen-bond donors (Lipinski definition) is 1. The summed E-state index contributed by atoms with van der Waals surface area (Å²) in [5.74, 6) is 0.600. The Labute approximate surface area is 115 Å². The van der Waals surface area contributed by atoms with Crippen LogP contribution in [0.25, 0.3) is 10.4 Å². The molecule has 0 atom stereocenters. The van der Waals surface area contributed by atoms with E-state index in [4.69, 9.17) is 0 Å². The molecule has 3 rings (SSSR count). The lowest BCUT2D eigenvalue weighted by Gasteiger charge is -2.06. The topological polar surface area (TPSA) is 55.6 Å². The minimum absolute atomic E-state index is 0.600. The number of anilines is 2. The van der Waals surface area contributed by atoms with Crippen molar-refractivity contribution in [1.82, 2.24) is 19.7 Å². The van der Waals surface area contributed by atoms with Crippen molar-refractivity contribution in [2.45, 2.75) is 6.92 Å². The summed E-state index contributed by atoms with van der Waals surface area (Å²) in [5, 5.41) is 7.42. The maximum Gasteiger partial charge on any atom is 0.246 e. The van der Waals surface area contributed by atoms with Gasteiger partial charge in [0, 0.05) is 18.9 Å². The zero-order chi connectivity index (χ0) is 13.2. The van der Waals surface area contributed by atoms with Crippen molar-refractivity contribution in [3.63, 3.8) is 0 Å². The van der Waals surface area contributed by atoms with Gasteiger partial charge in [-0.3, -0.25) is 9.67 Å². The number of benzene rings is 1. The van der Waals surface area contributed by atoms with Crippen LogP contribution in [0.3, 0.4) is 0 Å². The van der Waals surface area contributed by atoms with Gasteiger partial charge >= 0.3 is 0 Å². The van der Waals surface area contributed by atoms with Crippen LogP contribution in [0.4, 0.5) is 11.6 Å². The van der Waals surface area contributed by atoms with Gasteiger partial charge in [-0.05, 0) is 30.2 Å². The maximum atomic E-state index is 4.21. The molecule has 1 N–H and O–H groups in total. The summed E-state index contributed by atoms with van der Waals surface area (Å²) in [4.78, 5) is 9.43. The van der Waals surface area contributed by atoms with Gasteiger partial charge < -0.3 is 5.32 Å². The smallest absolute Gasteiger partial charge is 0.246 e. The second-order valence-electron chi connectivity index (χ2n) is 4.32. The predicted octanol–water partition coefficient (Wildman–Crippen LogP) is 2.99. The Hall–Kier alpha value is -2.21. The van der Waals surface area contributed by atoms with Crippen molar-refractivity contribution in [3.05, 3.63) is 41.8 Å². The molecule has 0 bridgehead atoms. The maximum absolute atomic E-state index is 4.21. The van der Waals surface area contributed by atoms with Gasteiger partial charge in [-0.1, -0.05) is 6.07 Å². The third-order valence-electron chi connectivity index (χ3n) is 2.65. The molecule has 19 heavy (non-hydrogen) atoms.